The number of rotatable bonds is 6. The first kappa shape index (κ1) is 20.7. The zero-order valence-electron chi connectivity index (χ0n) is 17.2. The fourth-order valence-electron chi connectivity index (χ4n) is 3.30. The minimum Gasteiger partial charge on any atom is -0.497 e. The summed E-state index contributed by atoms with van der Waals surface area (Å²) in [5, 5.41) is 12.5. The number of nitrogen functional groups attached to an aromatic ring is 1. The first-order chi connectivity index (χ1) is 15.4. The molecular weight excluding hydrogens is 414 g/mol. The number of aromatic amines is 1. The highest BCUT2D eigenvalue weighted by molar-refractivity contribution is 6.09. The van der Waals surface area contributed by atoms with Gasteiger partial charge in [0.25, 0.3) is 5.91 Å². The number of anilines is 2. The van der Waals surface area contributed by atoms with Crippen molar-refractivity contribution in [2.75, 3.05) is 25.3 Å². The summed E-state index contributed by atoms with van der Waals surface area (Å²) in [6.45, 7) is 0. The standard InChI is InChI=1S/C22H19N5O5/c1-31-12-4-5-13(15(10-12)21(29)30)14-6-8-18(32-2)27-19(14)20(28)24-11-3-7-16-17(9-11)26-22(23)25-16/h3-10H,1-2H3,(H,24,28)(H,29,30)(H3,23,25,26). The molecule has 0 saturated carbocycles. The van der Waals surface area contributed by atoms with Gasteiger partial charge in [0.2, 0.25) is 5.88 Å². The lowest BCUT2D eigenvalue weighted by Crippen LogP contribution is -2.16. The molecule has 0 aliphatic heterocycles. The van der Waals surface area contributed by atoms with Crippen LogP contribution >= 0.6 is 0 Å². The molecule has 0 spiro atoms. The van der Waals surface area contributed by atoms with Crippen LogP contribution in [0.5, 0.6) is 11.6 Å². The van der Waals surface area contributed by atoms with Crippen LogP contribution in [-0.4, -0.2) is 46.2 Å². The maximum absolute atomic E-state index is 13.2. The molecule has 2 aromatic heterocycles. The molecule has 0 aliphatic carbocycles. The highest BCUT2D eigenvalue weighted by Gasteiger charge is 2.21. The normalized spacial score (nSPS) is 10.7. The van der Waals surface area contributed by atoms with Crippen LogP contribution in [0, 0.1) is 0 Å². The van der Waals surface area contributed by atoms with E-state index in [1.807, 2.05) is 0 Å². The summed E-state index contributed by atoms with van der Waals surface area (Å²) in [5.74, 6) is -0.853. The van der Waals surface area contributed by atoms with E-state index in [1.165, 1.54) is 20.3 Å². The van der Waals surface area contributed by atoms with Gasteiger partial charge in [-0.1, -0.05) is 0 Å². The summed E-state index contributed by atoms with van der Waals surface area (Å²) in [4.78, 5) is 36.3. The predicted molar refractivity (Wildman–Crippen MR) is 118 cm³/mol. The highest BCUT2D eigenvalue weighted by atomic mass is 16.5. The Morgan fingerprint density at radius 1 is 1.00 bits per heavy atom. The van der Waals surface area contributed by atoms with Crippen LogP contribution in [0.2, 0.25) is 0 Å². The molecule has 0 unspecified atom stereocenters. The number of hydrogen-bond acceptors (Lipinski definition) is 7. The molecule has 0 atom stereocenters. The number of carboxylic acid groups (broad SMARTS) is 1. The lowest BCUT2D eigenvalue weighted by Gasteiger charge is -2.14. The fourth-order valence-corrected chi connectivity index (χ4v) is 3.30. The Bertz CT molecular complexity index is 1350. The van der Waals surface area contributed by atoms with E-state index in [0.717, 1.165) is 0 Å². The summed E-state index contributed by atoms with van der Waals surface area (Å²) >= 11 is 0. The Hall–Kier alpha value is -4.60. The predicted octanol–water partition coefficient (Wildman–Crippen LogP) is 3.17. The summed E-state index contributed by atoms with van der Waals surface area (Å²) in [6.07, 6.45) is 0. The number of nitrogens with one attached hydrogen (secondary N) is 2. The first-order valence-corrected chi connectivity index (χ1v) is 9.43. The number of carboxylic acids is 1. The van der Waals surface area contributed by atoms with Crippen molar-refractivity contribution in [3.63, 3.8) is 0 Å². The van der Waals surface area contributed by atoms with Crippen molar-refractivity contribution in [1.29, 1.82) is 0 Å². The third-order valence-electron chi connectivity index (χ3n) is 4.80. The van der Waals surface area contributed by atoms with Crippen molar-refractivity contribution in [3.8, 4) is 22.8 Å². The number of carbonyl (C=O) groups is 2. The van der Waals surface area contributed by atoms with E-state index in [2.05, 4.69) is 20.3 Å². The summed E-state index contributed by atoms with van der Waals surface area (Å²) in [7, 11) is 2.87. The number of amides is 1. The summed E-state index contributed by atoms with van der Waals surface area (Å²) in [6, 6.07) is 12.8. The Balaban J connectivity index is 1.78. The van der Waals surface area contributed by atoms with Gasteiger partial charge < -0.3 is 30.6 Å². The third kappa shape index (κ3) is 3.88. The van der Waals surface area contributed by atoms with Crippen LogP contribution in [0.1, 0.15) is 20.8 Å². The van der Waals surface area contributed by atoms with Gasteiger partial charge in [0, 0.05) is 17.3 Å². The molecule has 2 aromatic carbocycles. The average molecular weight is 433 g/mol. The summed E-state index contributed by atoms with van der Waals surface area (Å²) < 4.78 is 10.3. The molecular formula is C22H19N5O5. The van der Waals surface area contributed by atoms with E-state index >= 15 is 0 Å². The monoisotopic (exact) mass is 433 g/mol. The number of carbonyl (C=O) groups excluding carboxylic acids is 1. The van der Waals surface area contributed by atoms with Gasteiger partial charge in [-0.25, -0.2) is 14.8 Å². The van der Waals surface area contributed by atoms with Gasteiger partial charge in [-0.05, 0) is 48.0 Å². The van der Waals surface area contributed by atoms with Crippen LogP contribution in [0.15, 0.2) is 48.5 Å². The molecule has 0 saturated heterocycles. The number of aromatic carboxylic acids is 1. The second kappa shape index (κ2) is 8.26. The number of hydrogen-bond donors (Lipinski definition) is 4. The van der Waals surface area contributed by atoms with Crippen LogP contribution in [0.3, 0.4) is 0 Å². The molecule has 2 heterocycles. The van der Waals surface area contributed by atoms with Gasteiger partial charge in [-0.3, -0.25) is 4.79 Å². The van der Waals surface area contributed by atoms with Crippen LogP contribution in [-0.2, 0) is 0 Å². The lowest BCUT2D eigenvalue weighted by molar-refractivity contribution is 0.0697. The lowest BCUT2D eigenvalue weighted by atomic mass is 9.97. The van der Waals surface area contributed by atoms with Crippen molar-refractivity contribution >= 4 is 34.5 Å². The molecule has 10 heteroatoms. The van der Waals surface area contributed by atoms with Crippen LogP contribution < -0.4 is 20.5 Å². The van der Waals surface area contributed by atoms with Crippen molar-refractivity contribution in [2.45, 2.75) is 0 Å². The molecule has 1 amide bonds. The quantitative estimate of drug-likeness (QED) is 0.362. The maximum Gasteiger partial charge on any atom is 0.336 e. The number of methoxy groups -OCH3 is 2. The van der Waals surface area contributed by atoms with Gasteiger partial charge >= 0.3 is 5.97 Å². The van der Waals surface area contributed by atoms with E-state index in [9.17, 15) is 14.7 Å². The molecule has 0 fully saturated rings. The maximum atomic E-state index is 13.2. The topological polar surface area (TPSA) is 152 Å². The zero-order valence-corrected chi connectivity index (χ0v) is 17.2. The summed E-state index contributed by atoms with van der Waals surface area (Å²) in [5.41, 5.74) is 8.08. The second-order valence-corrected chi connectivity index (χ2v) is 6.77. The molecule has 162 valence electrons. The van der Waals surface area contributed by atoms with Gasteiger partial charge in [0.15, 0.2) is 5.95 Å². The number of nitrogens with two attached hydrogens (primary N) is 1. The Morgan fingerprint density at radius 2 is 1.78 bits per heavy atom. The second-order valence-electron chi connectivity index (χ2n) is 6.77. The number of imidazole rings is 1. The molecule has 5 N–H and O–H groups in total. The van der Waals surface area contributed by atoms with E-state index < -0.39 is 11.9 Å². The molecule has 0 bridgehead atoms. The number of benzene rings is 2. The van der Waals surface area contributed by atoms with Crippen LogP contribution in [0.25, 0.3) is 22.2 Å². The molecule has 10 nitrogen and oxygen atoms in total. The molecule has 0 radical (unpaired) electrons. The van der Waals surface area contributed by atoms with E-state index in [-0.39, 0.29) is 23.1 Å². The van der Waals surface area contributed by atoms with Gasteiger partial charge in [-0.2, -0.15) is 0 Å². The highest BCUT2D eigenvalue weighted by Crippen LogP contribution is 2.31. The largest absolute Gasteiger partial charge is 0.497 e. The molecule has 0 aliphatic rings. The number of fused-ring (bicyclic) bond motifs is 1. The number of ether oxygens (including phenoxy) is 2. The number of H-pyrrole nitrogens is 1. The van der Waals surface area contributed by atoms with Gasteiger partial charge in [-0.15, -0.1) is 0 Å². The Morgan fingerprint density at radius 3 is 2.50 bits per heavy atom. The number of pyridine rings is 1. The Kier molecular flexibility index (Phi) is 5.34. The fraction of sp³-hybridized carbons (Fsp3) is 0.0909. The van der Waals surface area contributed by atoms with Crippen LogP contribution in [0.4, 0.5) is 11.6 Å². The van der Waals surface area contributed by atoms with E-state index in [1.54, 1.807) is 42.5 Å². The minimum atomic E-state index is -1.16. The van der Waals surface area contributed by atoms with Crippen molar-refractivity contribution < 1.29 is 24.2 Å². The average Bonchev–Trinajstić information content (AvgIpc) is 3.17. The smallest absolute Gasteiger partial charge is 0.336 e. The minimum absolute atomic E-state index is 0.00115. The van der Waals surface area contributed by atoms with Crippen molar-refractivity contribution in [2.24, 2.45) is 0 Å². The Labute approximate surface area is 182 Å². The van der Waals surface area contributed by atoms with E-state index in [4.69, 9.17) is 15.2 Å². The number of aromatic nitrogens is 3. The molecule has 4 rings (SSSR count). The third-order valence-corrected chi connectivity index (χ3v) is 4.80. The molecule has 32 heavy (non-hydrogen) atoms. The number of nitrogens with zero attached hydrogens (tertiary/aromatic N) is 2. The SMILES string of the molecule is COc1ccc(-c2ccc(OC)nc2C(=O)Nc2ccc3nc(N)[nH]c3c2)c(C(=O)O)c1. The van der Waals surface area contributed by atoms with E-state index in [0.29, 0.717) is 33.6 Å². The van der Waals surface area contributed by atoms with Gasteiger partial charge in [0.1, 0.15) is 11.4 Å². The van der Waals surface area contributed by atoms with Crippen molar-refractivity contribution in [3.05, 3.63) is 59.8 Å². The van der Waals surface area contributed by atoms with Gasteiger partial charge in [0.05, 0.1) is 30.8 Å². The first-order valence-electron chi connectivity index (χ1n) is 9.43. The van der Waals surface area contributed by atoms with Crippen molar-refractivity contribution in [1.82, 2.24) is 15.0 Å². The zero-order chi connectivity index (χ0) is 22.8. The molecule has 4 aromatic rings.